The van der Waals surface area contributed by atoms with Crippen molar-refractivity contribution in [1.82, 2.24) is 19.8 Å². The van der Waals surface area contributed by atoms with E-state index in [1.54, 1.807) is 12.4 Å². The monoisotopic (exact) mass is 475 g/mol. The van der Waals surface area contributed by atoms with Crippen LogP contribution in [0.1, 0.15) is 28.2 Å². The highest BCUT2D eigenvalue weighted by atomic mass is 32.1. The summed E-state index contributed by atoms with van der Waals surface area (Å²) in [5.41, 5.74) is 2.85. The first-order chi connectivity index (χ1) is 16.6. The number of aromatic nitrogens is 2. The first kappa shape index (κ1) is 22.5. The Morgan fingerprint density at radius 1 is 0.971 bits per heavy atom. The number of amides is 2. The standard InChI is InChI=1S/C26H29N5O2S/c1-19-23(34-24(28-19)20-7-5-11-27-17-20)26(33)31-12-6-8-21(18-31)25(32)30-15-13-29(14-16-30)22-9-3-2-4-10-22/h2-5,7,9-11,17,21H,6,8,12-16,18H2,1H3. The second kappa shape index (κ2) is 9.93. The molecular formula is C26H29N5O2S. The molecule has 0 N–H and O–H groups in total. The summed E-state index contributed by atoms with van der Waals surface area (Å²) in [6.45, 7) is 6.16. The largest absolute Gasteiger partial charge is 0.368 e. The Morgan fingerprint density at radius 2 is 1.76 bits per heavy atom. The molecule has 0 bridgehead atoms. The summed E-state index contributed by atoms with van der Waals surface area (Å²) >= 11 is 1.41. The maximum absolute atomic E-state index is 13.4. The number of rotatable bonds is 4. The number of para-hydroxylation sites is 1. The van der Waals surface area contributed by atoms with Crippen LogP contribution in [0.2, 0.25) is 0 Å². The number of piperazine rings is 1. The van der Waals surface area contributed by atoms with Crippen molar-refractivity contribution >= 4 is 28.8 Å². The highest BCUT2D eigenvalue weighted by molar-refractivity contribution is 7.17. The minimum Gasteiger partial charge on any atom is -0.368 e. The number of piperidine rings is 1. The van der Waals surface area contributed by atoms with Crippen molar-refractivity contribution in [3.05, 3.63) is 65.4 Å². The smallest absolute Gasteiger partial charge is 0.265 e. The molecule has 1 aromatic carbocycles. The van der Waals surface area contributed by atoms with Gasteiger partial charge >= 0.3 is 0 Å². The van der Waals surface area contributed by atoms with Gasteiger partial charge in [0, 0.05) is 62.9 Å². The van der Waals surface area contributed by atoms with Crippen LogP contribution in [0.5, 0.6) is 0 Å². The van der Waals surface area contributed by atoms with E-state index < -0.39 is 0 Å². The molecule has 4 heterocycles. The lowest BCUT2D eigenvalue weighted by molar-refractivity contribution is -0.137. The number of aryl methyl sites for hydroxylation is 1. The number of nitrogens with zero attached hydrogens (tertiary/aromatic N) is 5. The Balaban J connectivity index is 1.22. The molecule has 0 saturated carbocycles. The van der Waals surface area contributed by atoms with Crippen LogP contribution < -0.4 is 4.90 Å². The van der Waals surface area contributed by atoms with Crippen LogP contribution in [0.15, 0.2) is 54.9 Å². The van der Waals surface area contributed by atoms with Gasteiger partial charge in [-0.2, -0.15) is 0 Å². The van der Waals surface area contributed by atoms with Gasteiger partial charge in [0.15, 0.2) is 0 Å². The molecule has 1 unspecified atom stereocenters. The van der Waals surface area contributed by atoms with Crippen LogP contribution in [0, 0.1) is 12.8 Å². The molecule has 2 aliphatic rings. The van der Waals surface area contributed by atoms with E-state index in [2.05, 4.69) is 27.0 Å². The molecule has 2 aliphatic heterocycles. The van der Waals surface area contributed by atoms with Gasteiger partial charge in [0.2, 0.25) is 5.91 Å². The highest BCUT2D eigenvalue weighted by Gasteiger charge is 2.34. The Hall–Kier alpha value is -3.26. The minimum atomic E-state index is -0.132. The lowest BCUT2D eigenvalue weighted by Gasteiger charge is -2.39. The molecule has 7 nitrogen and oxygen atoms in total. The van der Waals surface area contributed by atoms with Crippen molar-refractivity contribution < 1.29 is 9.59 Å². The summed E-state index contributed by atoms with van der Waals surface area (Å²) < 4.78 is 0. The summed E-state index contributed by atoms with van der Waals surface area (Å²) in [4.78, 5) is 42.2. The van der Waals surface area contributed by atoms with Crippen molar-refractivity contribution in [3.63, 3.8) is 0 Å². The molecule has 2 amide bonds. The van der Waals surface area contributed by atoms with Crippen LogP contribution in [0.4, 0.5) is 5.69 Å². The summed E-state index contributed by atoms with van der Waals surface area (Å²) in [5, 5.41) is 0.801. The van der Waals surface area contributed by atoms with Gasteiger partial charge in [-0.1, -0.05) is 18.2 Å². The Labute approximate surface area is 204 Å². The van der Waals surface area contributed by atoms with Crippen molar-refractivity contribution in [2.75, 3.05) is 44.2 Å². The fourth-order valence-electron chi connectivity index (χ4n) is 4.80. The third kappa shape index (κ3) is 4.68. The molecule has 5 rings (SSSR count). The second-order valence-electron chi connectivity index (χ2n) is 8.91. The van der Waals surface area contributed by atoms with E-state index in [9.17, 15) is 9.59 Å². The first-order valence-corrected chi connectivity index (χ1v) is 12.7. The van der Waals surface area contributed by atoms with Crippen molar-refractivity contribution in [1.29, 1.82) is 0 Å². The fourth-order valence-corrected chi connectivity index (χ4v) is 5.82. The van der Waals surface area contributed by atoms with Gasteiger partial charge in [0.05, 0.1) is 11.6 Å². The van der Waals surface area contributed by atoms with E-state index in [0.29, 0.717) is 18.0 Å². The zero-order chi connectivity index (χ0) is 23.5. The predicted octanol–water partition coefficient (Wildman–Crippen LogP) is 3.71. The Kier molecular flexibility index (Phi) is 6.58. The molecule has 2 aromatic heterocycles. The van der Waals surface area contributed by atoms with E-state index in [-0.39, 0.29) is 17.7 Å². The van der Waals surface area contributed by atoms with E-state index >= 15 is 0 Å². The van der Waals surface area contributed by atoms with Gasteiger partial charge in [-0.05, 0) is 44.0 Å². The van der Waals surface area contributed by atoms with E-state index in [0.717, 1.165) is 55.3 Å². The molecule has 2 saturated heterocycles. The number of hydrogen-bond acceptors (Lipinski definition) is 6. The predicted molar refractivity (Wildman–Crippen MR) is 134 cm³/mol. The summed E-state index contributed by atoms with van der Waals surface area (Å²) in [6, 6.07) is 14.2. The zero-order valence-electron chi connectivity index (χ0n) is 19.4. The number of pyridine rings is 1. The average Bonchev–Trinajstić information content (AvgIpc) is 3.30. The molecule has 0 radical (unpaired) electrons. The molecule has 176 valence electrons. The number of likely N-dealkylation sites (tertiary alicyclic amines) is 1. The van der Waals surface area contributed by atoms with Gasteiger partial charge in [-0.3, -0.25) is 14.6 Å². The molecule has 1 atom stereocenters. The first-order valence-electron chi connectivity index (χ1n) is 11.9. The zero-order valence-corrected chi connectivity index (χ0v) is 20.2. The van der Waals surface area contributed by atoms with Crippen LogP contribution in [0.25, 0.3) is 10.6 Å². The third-order valence-corrected chi connectivity index (χ3v) is 7.86. The average molecular weight is 476 g/mol. The van der Waals surface area contributed by atoms with E-state index in [1.165, 1.54) is 17.0 Å². The quantitative estimate of drug-likeness (QED) is 0.575. The Bertz CT molecular complexity index is 1140. The lowest BCUT2D eigenvalue weighted by Crippen LogP contribution is -2.53. The molecule has 3 aromatic rings. The fraction of sp³-hybridized carbons (Fsp3) is 0.385. The van der Waals surface area contributed by atoms with Gasteiger partial charge < -0.3 is 14.7 Å². The number of anilines is 1. The normalized spacial score (nSPS) is 18.7. The van der Waals surface area contributed by atoms with Gasteiger partial charge in [-0.15, -0.1) is 11.3 Å². The van der Waals surface area contributed by atoms with Crippen LogP contribution in [0.3, 0.4) is 0 Å². The second-order valence-corrected chi connectivity index (χ2v) is 9.91. The SMILES string of the molecule is Cc1nc(-c2cccnc2)sc1C(=O)N1CCCC(C(=O)N2CCN(c3ccccc3)CC2)C1. The van der Waals surface area contributed by atoms with Crippen LogP contribution in [-0.2, 0) is 4.79 Å². The van der Waals surface area contributed by atoms with Crippen molar-refractivity contribution in [2.24, 2.45) is 5.92 Å². The third-order valence-electron chi connectivity index (χ3n) is 6.67. The molecular weight excluding hydrogens is 446 g/mol. The maximum atomic E-state index is 13.4. The Morgan fingerprint density at radius 3 is 2.50 bits per heavy atom. The molecule has 8 heteroatoms. The van der Waals surface area contributed by atoms with Crippen molar-refractivity contribution in [2.45, 2.75) is 19.8 Å². The number of hydrogen-bond donors (Lipinski definition) is 0. The van der Waals surface area contributed by atoms with E-state index in [1.807, 2.05) is 47.1 Å². The summed E-state index contributed by atoms with van der Waals surface area (Å²) in [7, 11) is 0. The summed E-state index contributed by atoms with van der Waals surface area (Å²) in [5.74, 6) is 0.0332. The molecule has 2 fully saturated rings. The summed E-state index contributed by atoms with van der Waals surface area (Å²) in [6.07, 6.45) is 5.17. The van der Waals surface area contributed by atoms with E-state index in [4.69, 9.17) is 0 Å². The maximum Gasteiger partial charge on any atom is 0.265 e. The number of carbonyl (C=O) groups is 2. The molecule has 34 heavy (non-hydrogen) atoms. The van der Waals surface area contributed by atoms with Gasteiger partial charge in [0.1, 0.15) is 9.88 Å². The highest BCUT2D eigenvalue weighted by Crippen LogP contribution is 2.30. The number of benzene rings is 1. The van der Waals surface area contributed by atoms with Crippen LogP contribution >= 0.6 is 11.3 Å². The molecule has 0 spiro atoms. The van der Waals surface area contributed by atoms with Crippen molar-refractivity contribution in [3.8, 4) is 10.6 Å². The lowest BCUT2D eigenvalue weighted by atomic mass is 9.96. The number of carbonyl (C=O) groups excluding carboxylic acids is 2. The van der Waals surface area contributed by atoms with Gasteiger partial charge in [0.25, 0.3) is 5.91 Å². The number of thiazole rings is 1. The van der Waals surface area contributed by atoms with Crippen LogP contribution in [-0.4, -0.2) is 70.9 Å². The molecule has 0 aliphatic carbocycles. The van der Waals surface area contributed by atoms with Gasteiger partial charge in [-0.25, -0.2) is 4.98 Å². The topological polar surface area (TPSA) is 69.6 Å². The minimum absolute atomic E-state index is 0.0171.